The van der Waals surface area contributed by atoms with Crippen molar-refractivity contribution in [2.45, 2.75) is 39.2 Å². The van der Waals surface area contributed by atoms with Gasteiger partial charge in [0.15, 0.2) is 12.3 Å². The van der Waals surface area contributed by atoms with Gasteiger partial charge in [-0.3, -0.25) is 19.1 Å². The lowest BCUT2D eigenvalue weighted by Crippen LogP contribution is -2.42. The normalized spacial score (nSPS) is 12.7. The van der Waals surface area contributed by atoms with E-state index in [-0.39, 0.29) is 24.6 Å². The lowest BCUT2D eigenvalue weighted by atomic mass is 9.96. The minimum atomic E-state index is -0.778. The second-order valence-corrected chi connectivity index (χ2v) is 9.00. The van der Waals surface area contributed by atoms with E-state index in [0.717, 1.165) is 41.7 Å². The first-order valence-corrected chi connectivity index (χ1v) is 12.0. The second-order valence-electron chi connectivity index (χ2n) is 8.04. The maximum atomic E-state index is 13.0. The molecule has 34 heavy (non-hydrogen) atoms. The third-order valence-electron chi connectivity index (χ3n) is 5.89. The van der Waals surface area contributed by atoms with E-state index >= 15 is 0 Å². The fourth-order valence-corrected chi connectivity index (χ4v) is 5.28. The molecule has 4 rings (SSSR count). The molecular weight excluding hydrogens is 456 g/mol. The van der Waals surface area contributed by atoms with Crippen LogP contribution in [-0.2, 0) is 28.9 Å². The average Bonchev–Trinajstić information content (AvgIpc) is 3.27. The van der Waals surface area contributed by atoms with Crippen LogP contribution in [0.1, 0.15) is 46.1 Å². The highest BCUT2D eigenvalue weighted by Gasteiger charge is 2.26. The van der Waals surface area contributed by atoms with E-state index < -0.39 is 29.7 Å². The summed E-state index contributed by atoms with van der Waals surface area (Å²) in [6.45, 7) is 1.34. The van der Waals surface area contributed by atoms with Gasteiger partial charge in [-0.15, -0.1) is 11.3 Å². The number of ether oxygens (including phenoxy) is 1. The van der Waals surface area contributed by atoms with Crippen LogP contribution in [0.5, 0.6) is 0 Å². The Bertz CT molecular complexity index is 1330. The number of anilines is 2. The molecule has 3 aromatic rings. The van der Waals surface area contributed by atoms with E-state index in [1.807, 2.05) is 30.3 Å². The number of nitrogens with two attached hydrogens (primary N) is 1. The maximum Gasteiger partial charge on any atom is 0.339 e. The average molecular weight is 483 g/mol. The molecule has 2 aromatic heterocycles. The molecule has 178 valence electrons. The largest absolute Gasteiger partial charge is 0.452 e. The Hall–Kier alpha value is -3.66. The lowest BCUT2D eigenvalue weighted by Gasteiger charge is -2.23. The fourth-order valence-electron chi connectivity index (χ4n) is 4.17. The molecule has 0 bridgehead atoms. The van der Waals surface area contributed by atoms with Crippen LogP contribution in [0.25, 0.3) is 0 Å². The van der Waals surface area contributed by atoms with Crippen molar-refractivity contribution in [3.8, 4) is 0 Å². The topological polar surface area (TPSA) is 127 Å². The number of aromatic nitrogens is 2. The Morgan fingerprint density at radius 1 is 1.18 bits per heavy atom. The zero-order valence-electron chi connectivity index (χ0n) is 18.8. The predicted molar refractivity (Wildman–Crippen MR) is 131 cm³/mol. The number of nitrogens with one attached hydrogen (secondary N) is 1. The number of aryl methyl sites for hydroxylation is 1. The molecule has 0 saturated carbocycles. The highest BCUT2D eigenvalue weighted by molar-refractivity contribution is 7.10. The molecule has 0 fully saturated rings. The molecule has 0 saturated heterocycles. The molecule has 9 nitrogen and oxygen atoms in total. The van der Waals surface area contributed by atoms with Crippen LogP contribution in [-0.4, -0.2) is 34.6 Å². The van der Waals surface area contributed by atoms with Gasteiger partial charge in [-0.1, -0.05) is 30.3 Å². The zero-order valence-corrected chi connectivity index (χ0v) is 19.7. The van der Waals surface area contributed by atoms with Crippen molar-refractivity contribution < 1.29 is 14.3 Å². The number of H-pyrrole nitrogens is 1. The molecule has 3 N–H and O–H groups in total. The van der Waals surface area contributed by atoms with Gasteiger partial charge in [0.05, 0.1) is 12.1 Å². The van der Waals surface area contributed by atoms with Crippen LogP contribution in [0.4, 0.5) is 11.5 Å². The smallest absolute Gasteiger partial charge is 0.339 e. The van der Waals surface area contributed by atoms with Gasteiger partial charge in [0.25, 0.3) is 11.5 Å². The van der Waals surface area contributed by atoms with Crippen molar-refractivity contribution in [1.82, 2.24) is 9.55 Å². The van der Waals surface area contributed by atoms with Crippen molar-refractivity contribution >= 4 is 34.7 Å². The highest BCUT2D eigenvalue weighted by atomic mass is 32.1. The Morgan fingerprint density at radius 3 is 2.65 bits per heavy atom. The molecule has 1 aliphatic rings. The summed E-state index contributed by atoms with van der Waals surface area (Å²) in [5.41, 5.74) is 6.92. The van der Waals surface area contributed by atoms with Gasteiger partial charge in [-0.05, 0) is 43.7 Å². The van der Waals surface area contributed by atoms with Gasteiger partial charge in [-0.2, -0.15) is 0 Å². The molecule has 1 amide bonds. The van der Waals surface area contributed by atoms with Crippen molar-refractivity contribution in [2.75, 3.05) is 23.8 Å². The van der Waals surface area contributed by atoms with E-state index in [1.165, 1.54) is 20.8 Å². The number of fused-ring (bicyclic) bond motifs is 1. The van der Waals surface area contributed by atoms with E-state index in [0.29, 0.717) is 5.56 Å². The number of amides is 1. The first-order valence-electron chi connectivity index (χ1n) is 11.1. The van der Waals surface area contributed by atoms with Crippen LogP contribution in [0, 0.1) is 0 Å². The van der Waals surface area contributed by atoms with E-state index in [1.54, 1.807) is 12.3 Å². The number of hydrogen-bond acceptors (Lipinski definition) is 7. The summed E-state index contributed by atoms with van der Waals surface area (Å²) >= 11 is 1.54. The van der Waals surface area contributed by atoms with Gasteiger partial charge in [0.1, 0.15) is 5.82 Å². The fraction of sp³-hybridized carbons (Fsp3) is 0.333. The number of carbonyl (C=O) groups excluding carboxylic acids is 2. The molecule has 2 heterocycles. The summed E-state index contributed by atoms with van der Waals surface area (Å²) < 4.78 is 6.50. The minimum Gasteiger partial charge on any atom is -0.452 e. The molecule has 0 spiro atoms. The zero-order chi connectivity index (χ0) is 24.2. The van der Waals surface area contributed by atoms with Crippen molar-refractivity contribution in [3.63, 3.8) is 0 Å². The summed E-state index contributed by atoms with van der Waals surface area (Å²) in [7, 11) is 0. The van der Waals surface area contributed by atoms with Gasteiger partial charge in [0, 0.05) is 16.8 Å². The van der Waals surface area contributed by atoms with E-state index in [2.05, 4.69) is 4.98 Å². The number of benzene rings is 1. The summed E-state index contributed by atoms with van der Waals surface area (Å²) in [6.07, 6.45) is 3.91. The van der Waals surface area contributed by atoms with E-state index in [4.69, 9.17) is 10.5 Å². The molecule has 1 aliphatic carbocycles. The third-order valence-corrected chi connectivity index (χ3v) is 6.98. The number of thiophene rings is 1. The Kier molecular flexibility index (Phi) is 6.97. The van der Waals surface area contributed by atoms with Crippen molar-refractivity contribution in [2.24, 2.45) is 0 Å². The van der Waals surface area contributed by atoms with Crippen LogP contribution in [0.2, 0.25) is 0 Å². The number of carbonyl (C=O) groups is 2. The highest BCUT2D eigenvalue weighted by Crippen LogP contribution is 2.30. The van der Waals surface area contributed by atoms with Crippen molar-refractivity contribution in [1.29, 1.82) is 0 Å². The summed E-state index contributed by atoms with van der Waals surface area (Å²) in [6, 6.07) is 9.14. The van der Waals surface area contributed by atoms with Crippen LogP contribution in [0.3, 0.4) is 0 Å². The second kappa shape index (κ2) is 10.1. The molecular formula is C24H26N4O5S. The monoisotopic (exact) mass is 482 g/mol. The first kappa shape index (κ1) is 23.5. The van der Waals surface area contributed by atoms with Crippen molar-refractivity contribution in [3.05, 3.63) is 78.1 Å². The minimum absolute atomic E-state index is 0.0983. The van der Waals surface area contributed by atoms with Gasteiger partial charge >= 0.3 is 11.7 Å². The summed E-state index contributed by atoms with van der Waals surface area (Å²) in [5.74, 6) is -1.30. The van der Waals surface area contributed by atoms with Gasteiger partial charge < -0.3 is 15.4 Å². The SMILES string of the molecule is CCN(C(=O)COC(=O)c1csc2c1CCCC2)c1c(N)n(Cc2ccccc2)c(=O)[nH]c1=O. The molecule has 10 heteroatoms. The summed E-state index contributed by atoms with van der Waals surface area (Å²) in [5, 5.41) is 1.78. The number of hydrogen-bond donors (Lipinski definition) is 2. The maximum absolute atomic E-state index is 13.0. The molecule has 0 radical (unpaired) electrons. The first-order chi connectivity index (χ1) is 16.4. The Labute approximate surface area is 199 Å². The molecule has 1 aromatic carbocycles. The predicted octanol–water partition coefficient (Wildman–Crippen LogP) is 2.32. The van der Waals surface area contributed by atoms with Gasteiger partial charge in [0.2, 0.25) is 0 Å². The quantitative estimate of drug-likeness (QED) is 0.498. The summed E-state index contributed by atoms with van der Waals surface area (Å²) in [4.78, 5) is 55.2. The van der Waals surface area contributed by atoms with E-state index in [9.17, 15) is 19.2 Å². The Morgan fingerprint density at radius 2 is 1.91 bits per heavy atom. The number of nitrogens with zero attached hydrogens (tertiary/aromatic N) is 2. The Balaban J connectivity index is 1.54. The number of rotatable bonds is 7. The standard InChI is InChI=1S/C24H26N4O5S/c1-2-27(19(29)13-33-23(31)17-14-34-18-11-7-6-10-16(17)18)20-21(25)28(24(32)26-22(20)30)12-15-8-4-3-5-9-15/h3-5,8-9,14H,2,6-7,10-13,25H2,1H3,(H,26,30,32). The number of esters is 1. The van der Waals surface area contributed by atoms with Crippen LogP contribution >= 0.6 is 11.3 Å². The molecule has 0 aliphatic heterocycles. The van der Waals surface area contributed by atoms with Crippen LogP contribution < -0.4 is 21.9 Å². The number of likely N-dealkylation sites (N-methyl/N-ethyl adjacent to an activating group) is 1. The van der Waals surface area contributed by atoms with Gasteiger partial charge in [-0.25, -0.2) is 9.59 Å². The number of nitrogen functional groups attached to an aromatic ring is 1. The third kappa shape index (κ3) is 4.67. The molecule has 0 atom stereocenters. The van der Waals surface area contributed by atoms with Crippen LogP contribution in [0.15, 0.2) is 45.3 Å². The number of aromatic amines is 1. The molecule has 0 unspecified atom stereocenters. The lowest BCUT2D eigenvalue weighted by molar-refractivity contribution is -0.121.